The number of pyridine rings is 1. The molecule has 0 fully saturated rings. The number of anilines is 1. The van der Waals surface area contributed by atoms with Crippen LogP contribution in [0.3, 0.4) is 0 Å². The van der Waals surface area contributed by atoms with E-state index in [9.17, 15) is 14.4 Å². The molecule has 0 aromatic carbocycles. The van der Waals surface area contributed by atoms with E-state index in [-0.39, 0.29) is 18.0 Å². The molecule has 1 rings (SSSR count). The topological polar surface area (TPSA) is 97.4 Å². The summed E-state index contributed by atoms with van der Waals surface area (Å²) < 4.78 is 1.21. The number of carbonyl (C=O) groups is 2. The minimum Gasteiger partial charge on any atom is -0.398 e. The molecule has 0 radical (unpaired) electrons. The molecule has 116 valence electrons. The Labute approximate surface area is 123 Å². The summed E-state index contributed by atoms with van der Waals surface area (Å²) in [5.41, 5.74) is 5.66. The number of amides is 2. The van der Waals surface area contributed by atoms with E-state index in [2.05, 4.69) is 5.32 Å². The number of carbonyl (C=O) groups excluding carboxylic acids is 2. The monoisotopic (exact) mass is 294 g/mol. The molecule has 0 aliphatic carbocycles. The molecule has 21 heavy (non-hydrogen) atoms. The van der Waals surface area contributed by atoms with Gasteiger partial charge in [-0.15, -0.1) is 0 Å². The number of nitrogen functional groups attached to an aromatic ring is 1. The highest BCUT2D eigenvalue weighted by Crippen LogP contribution is 1.97. The highest BCUT2D eigenvalue weighted by Gasteiger charge is 2.20. The van der Waals surface area contributed by atoms with Crippen LogP contribution < -0.4 is 16.6 Å². The zero-order valence-electron chi connectivity index (χ0n) is 12.6. The van der Waals surface area contributed by atoms with Gasteiger partial charge in [0.05, 0.1) is 0 Å². The Morgan fingerprint density at radius 1 is 1.33 bits per heavy atom. The third kappa shape index (κ3) is 4.62. The van der Waals surface area contributed by atoms with Crippen LogP contribution in [0.15, 0.2) is 23.1 Å². The maximum Gasteiger partial charge on any atom is 0.251 e. The van der Waals surface area contributed by atoms with Gasteiger partial charge in [0.1, 0.15) is 12.6 Å². The predicted octanol–water partition coefficient (Wildman–Crippen LogP) is -0.196. The van der Waals surface area contributed by atoms with Gasteiger partial charge < -0.3 is 20.5 Å². The summed E-state index contributed by atoms with van der Waals surface area (Å²) in [6.07, 6.45) is 1.40. The van der Waals surface area contributed by atoms with E-state index in [0.717, 1.165) is 0 Å². The second-order valence-corrected chi connectivity index (χ2v) is 4.73. The minimum absolute atomic E-state index is 0.145. The fourth-order valence-electron chi connectivity index (χ4n) is 1.99. The molecular formula is C14H22N4O3. The fraction of sp³-hybridized carbons (Fsp3) is 0.500. The lowest BCUT2D eigenvalue weighted by atomic mass is 10.2. The molecular weight excluding hydrogens is 272 g/mol. The molecule has 1 aromatic rings. The van der Waals surface area contributed by atoms with Gasteiger partial charge in [0.15, 0.2) is 0 Å². The van der Waals surface area contributed by atoms with Crippen LogP contribution in [-0.4, -0.2) is 40.4 Å². The lowest BCUT2D eigenvalue weighted by Gasteiger charge is -2.23. The van der Waals surface area contributed by atoms with Crippen molar-refractivity contribution in [1.29, 1.82) is 0 Å². The zero-order chi connectivity index (χ0) is 16.0. The Balaban J connectivity index is 2.67. The van der Waals surface area contributed by atoms with Gasteiger partial charge in [-0.05, 0) is 26.8 Å². The lowest BCUT2D eigenvalue weighted by molar-refractivity contribution is -0.135. The summed E-state index contributed by atoms with van der Waals surface area (Å²) in [4.78, 5) is 37.2. The van der Waals surface area contributed by atoms with Crippen molar-refractivity contribution in [2.24, 2.45) is 0 Å². The van der Waals surface area contributed by atoms with E-state index in [1.807, 2.05) is 13.8 Å². The molecule has 0 saturated heterocycles. The number of nitrogens with one attached hydrogen (secondary N) is 1. The van der Waals surface area contributed by atoms with Gasteiger partial charge in [0, 0.05) is 31.0 Å². The largest absolute Gasteiger partial charge is 0.398 e. The molecule has 0 saturated carbocycles. The zero-order valence-corrected chi connectivity index (χ0v) is 12.6. The quantitative estimate of drug-likeness (QED) is 0.759. The molecule has 1 atom stereocenters. The number of nitrogens with zero attached hydrogens (tertiary/aromatic N) is 2. The number of likely N-dealkylation sites (N-methyl/N-ethyl adjacent to an activating group) is 1. The van der Waals surface area contributed by atoms with E-state index in [1.165, 1.54) is 22.9 Å². The summed E-state index contributed by atoms with van der Waals surface area (Å²) in [5, 5.41) is 2.59. The molecule has 2 amide bonds. The summed E-state index contributed by atoms with van der Waals surface area (Å²) in [7, 11) is 0. The van der Waals surface area contributed by atoms with Crippen LogP contribution in [0.4, 0.5) is 5.69 Å². The second kappa shape index (κ2) is 7.47. The van der Waals surface area contributed by atoms with Crippen LogP contribution >= 0.6 is 0 Å². The van der Waals surface area contributed by atoms with Crippen molar-refractivity contribution < 1.29 is 9.59 Å². The Hall–Kier alpha value is -2.31. The van der Waals surface area contributed by atoms with Gasteiger partial charge in [-0.3, -0.25) is 14.4 Å². The van der Waals surface area contributed by atoms with Gasteiger partial charge in [-0.1, -0.05) is 0 Å². The standard InChI is InChI=1S/C14H22N4O3/c1-4-17(5-2)14(21)10(3)16-12(19)9-18-8-11(15)6-7-13(18)20/h6-8,10H,4-5,9,15H2,1-3H3,(H,16,19). The minimum atomic E-state index is -0.630. The maximum absolute atomic E-state index is 12.0. The molecule has 0 aliphatic rings. The van der Waals surface area contributed by atoms with Crippen LogP contribution in [0.1, 0.15) is 20.8 Å². The molecule has 0 spiro atoms. The highest BCUT2D eigenvalue weighted by molar-refractivity contribution is 5.87. The van der Waals surface area contributed by atoms with Gasteiger partial charge in [0.2, 0.25) is 11.8 Å². The first-order valence-corrected chi connectivity index (χ1v) is 6.93. The van der Waals surface area contributed by atoms with E-state index in [4.69, 9.17) is 5.73 Å². The van der Waals surface area contributed by atoms with Crippen LogP contribution in [-0.2, 0) is 16.1 Å². The SMILES string of the molecule is CCN(CC)C(=O)C(C)NC(=O)Cn1cc(N)ccc1=O. The van der Waals surface area contributed by atoms with Crippen molar-refractivity contribution in [2.75, 3.05) is 18.8 Å². The number of nitrogens with two attached hydrogens (primary N) is 1. The first kappa shape index (κ1) is 16.7. The van der Waals surface area contributed by atoms with Crippen LogP contribution in [0.25, 0.3) is 0 Å². The fourth-order valence-corrected chi connectivity index (χ4v) is 1.99. The number of rotatable bonds is 6. The number of hydrogen-bond donors (Lipinski definition) is 2. The van der Waals surface area contributed by atoms with E-state index >= 15 is 0 Å². The summed E-state index contributed by atoms with van der Waals surface area (Å²) in [6, 6.07) is 2.14. The summed E-state index contributed by atoms with van der Waals surface area (Å²) in [6.45, 7) is 6.39. The van der Waals surface area contributed by atoms with Crippen LogP contribution in [0.5, 0.6) is 0 Å². The van der Waals surface area contributed by atoms with E-state index < -0.39 is 11.9 Å². The van der Waals surface area contributed by atoms with Crippen molar-refractivity contribution in [3.63, 3.8) is 0 Å². The Morgan fingerprint density at radius 2 is 1.95 bits per heavy atom. The molecule has 3 N–H and O–H groups in total. The van der Waals surface area contributed by atoms with Gasteiger partial charge in [-0.25, -0.2) is 0 Å². The predicted molar refractivity (Wildman–Crippen MR) is 80.6 cm³/mol. The average Bonchev–Trinajstić information content (AvgIpc) is 2.43. The molecule has 7 heteroatoms. The van der Waals surface area contributed by atoms with E-state index in [1.54, 1.807) is 11.8 Å². The Morgan fingerprint density at radius 3 is 2.52 bits per heavy atom. The normalized spacial score (nSPS) is 11.8. The first-order chi connectivity index (χ1) is 9.88. The van der Waals surface area contributed by atoms with Crippen molar-refractivity contribution in [3.05, 3.63) is 28.7 Å². The molecule has 0 bridgehead atoms. The Kier molecular flexibility index (Phi) is 5.95. The Bertz CT molecular complexity index is 564. The van der Waals surface area contributed by atoms with E-state index in [0.29, 0.717) is 18.8 Å². The highest BCUT2D eigenvalue weighted by atomic mass is 16.2. The smallest absolute Gasteiger partial charge is 0.251 e. The lowest BCUT2D eigenvalue weighted by Crippen LogP contribution is -2.48. The van der Waals surface area contributed by atoms with Gasteiger partial charge in [-0.2, -0.15) is 0 Å². The van der Waals surface area contributed by atoms with Crippen molar-refractivity contribution in [1.82, 2.24) is 14.8 Å². The molecule has 1 aromatic heterocycles. The van der Waals surface area contributed by atoms with Gasteiger partial charge in [0.25, 0.3) is 5.56 Å². The second-order valence-electron chi connectivity index (χ2n) is 4.73. The number of hydrogen-bond acceptors (Lipinski definition) is 4. The van der Waals surface area contributed by atoms with Gasteiger partial charge >= 0.3 is 0 Å². The molecule has 7 nitrogen and oxygen atoms in total. The third-order valence-corrected chi connectivity index (χ3v) is 3.14. The average molecular weight is 294 g/mol. The summed E-state index contributed by atoms with van der Waals surface area (Å²) >= 11 is 0. The molecule has 1 heterocycles. The molecule has 1 unspecified atom stereocenters. The van der Waals surface area contributed by atoms with Crippen molar-refractivity contribution >= 4 is 17.5 Å². The maximum atomic E-state index is 12.0. The van der Waals surface area contributed by atoms with Crippen molar-refractivity contribution in [3.8, 4) is 0 Å². The molecule has 0 aliphatic heterocycles. The van der Waals surface area contributed by atoms with Crippen LogP contribution in [0.2, 0.25) is 0 Å². The van der Waals surface area contributed by atoms with Crippen molar-refractivity contribution in [2.45, 2.75) is 33.4 Å². The summed E-state index contributed by atoms with van der Waals surface area (Å²) in [5.74, 6) is -0.552. The third-order valence-electron chi connectivity index (χ3n) is 3.14. The number of aromatic nitrogens is 1. The van der Waals surface area contributed by atoms with Crippen LogP contribution in [0, 0.1) is 0 Å². The first-order valence-electron chi connectivity index (χ1n) is 6.93.